The maximum absolute atomic E-state index is 11.7. The summed E-state index contributed by atoms with van der Waals surface area (Å²) >= 11 is 3.11. The second-order valence-electron chi connectivity index (χ2n) is 9.11. The van der Waals surface area contributed by atoms with Gasteiger partial charge in [0.2, 0.25) is 5.91 Å². The third-order valence-corrected chi connectivity index (χ3v) is 7.41. The van der Waals surface area contributed by atoms with Crippen molar-refractivity contribution in [3.63, 3.8) is 0 Å². The van der Waals surface area contributed by atoms with Crippen molar-refractivity contribution in [2.24, 2.45) is 0 Å². The second-order valence-corrected chi connectivity index (χ2v) is 12.0. The molecule has 41 heavy (non-hydrogen) atoms. The van der Waals surface area contributed by atoms with E-state index in [4.69, 9.17) is 19.8 Å². The lowest BCUT2D eigenvalue weighted by Crippen LogP contribution is -2.23. The van der Waals surface area contributed by atoms with E-state index in [0.717, 1.165) is 30.5 Å². The quantitative estimate of drug-likeness (QED) is 0.0941. The molecule has 0 radical (unpaired) electrons. The average molecular weight is 672 g/mol. The molecule has 17 heteroatoms. The summed E-state index contributed by atoms with van der Waals surface area (Å²) in [6, 6.07) is 8.96. The number of halogens is 1. The van der Waals surface area contributed by atoms with E-state index in [9.17, 15) is 33.5 Å². The highest BCUT2D eigenvalue weighted by molar-refractivity contribution is 9.09. The molecule has 0 atom stereocenters. The number of phosphoric acid groups is 2. The lowest BCUT2D eigenvalue weighted by Gasteiger charge is -2.17. The molecule has 4 aromatic rings. The Morgan fingerprint density at radius 3 is 2.46 bits per heavy atom. The number of anilines is 1. The number of fused-ring (bicyclic) bond motifs is 3. The van der Waals surface area contributed by atoms with Crippen LogP contribution in [0.5, 0.6) is 11.5 Å². The number of pyridine rings is 1. The van der Waals surface area contributed by atoms with Crippen molar-refractivity contribution in [3.05, 3.63) is 53.3 Å². The van der Waals surface area contributed by atoms with E-state index in [1.54, 1.807) is 10.6 Å². The van der Waals surface area contributed by atoms with Gasteiger partial charge < -0.3 is 24.7 Å². The predicted molar refractivity (Wildman–Crippen MR) is 155 cm³/mol. The highest BCUT2D eigenvalue weighted by Gasteiger charge is 2.24. The van der Waals surface area contributed by atoms with Gasteiger partial charge in [-0.3, -0.25) is 24.4 Å². The number of aryl methyl sites for hydroxylation is 1. The first-order valence-electron chi connectivity index (χ1n) is 12.3. The number of carbonyl (C=O) groups is 1. The number of nitrogens with zero attached hydrogens (tertiary/aromatic N) is 3. The van der Waals surface area contributed by atoms with Gasteiger partial charge in [0.1, 0.15) is 22.8 Å². The largest absolute Gasteiger partial charge is 0.524 e. The molecule has 0 aliphatic rings. The number of alkyl halides is 1. The highest BCUT2D eigenvalue weighted by Crippen LogP contribution is 2.43. The Labute approximate surface area is 242 Å². The summed E-state index contributed by atoms with van der Waals surface area (Å²) in [6.45, 7) is 2.23. The molecular weight excluding hydrogens is 644 g/mol. The standard InChI is InChI=1S/C24H28BrN5O9P2/c1-2-3-4-20-29-22-23(17-7-5-14(12-27-21(31)11-25)9-18(17)28-24(22)26)30(20)13-15-10-16(38-40(32,33)34)6-8-19(15)39-41(35,36)37/h5-10H,2-4,11-13H2,1H3,(H2,26,28)(H,27,31)(H2,32,33,34)(H2,35,36,37). The summed E-state index contributed by atoms with van der Waals surface area (Å²) < 4.78 is 34.6. The monoisotopic (exact) mass is 671 g/mol. The van der Waals surface area contributed by atoms with Crippen LogP contribution >= 0.6 is 31.6 Å². The Morgan fingerprint density at radius 1 is 1.07 bits per heavy atom. The van der Waals surface area contributed by atoms with Gasteiger partial charge in [0.25, 0.3) is 0 Å². The van der Waals surface area contributed by atoms with Crippen molar-refractivity contribution < 1.29 is 42.5 Å². The van der Waals surface area contributed by atoms with Gasteiger partial charge in [-0.15, -0.1) is 0 Å². The Hall–Kier alpha value is -3.03. The number of rotatable bonds is 12. The molecule has 0 bridgehead atoms. The van der Waals surface area contributed by atoms with Gasteiger partial charge in [0, 0.05) is 23.9 Å². The van der Waals surface area contributed by atoms with Crippen LogP contribution in [0.2, 0.25) is 0 Å². The van der Waals surface area contributed by atoms with Crippen molar-refractivity contribution in [3.8, 4) is 11.5 Å². The van der Waals surface area contributed by atoms with Crippen molar-refractivity contribution in [1.82, 2.24) is 19.9 Å². The average Bonchev–Trinajstić information content (AvgIpc) is 3.24. The molecule has 0 unspecified atom stereocenters. The van der Waals surface area contributed by atoms with Crippen LogP contribution < -0.4 is 20.1 Å². The fourth-order valence-corrected chi connectivity index (χ4v) is 5.34. The molecule has 14 nitrogen and oxygen atoms in total. The first kappa shape index (κ1) is 30.9. The normalized spacial score (nSPS) is 12.1. The van der Waals surface area contributed by atoms with E-state index >= 15 is 0 Å². The summed E-state index contributed by atoms with van der Waals surface area (Å²) in [5.41, 5.74) is 8.83. The molecule has 0 spiro atoms. The lowest BCUT2D eigenvalue weighted by molar-refractivity contribution is -0.118. The van der Waals surface area contributed by atoms with Crippen molar-refractivity contribution in [2.75, 3.05) is 11.1 Å². The highest BCUT2D eigenvalue weighted by atomic mass is 79.9. The van der Waals surface area contributed by atoms with Crippen molar-refractivity contribution in [1.29, 1.82) is 0 Å². The SMILES string of the molecule is CCCCc1nc2c(N)nc3cc(CNC(=O)CBr)ccc3c2n1Cc1cc(OP(=O)(O)O)ccc1OP(=O)(O)O. The molecule has 0 aliphatic heterocycles. The Bertz CT molecular complexity index is 1700. The van der Waals surface area contributed by atoms with Crippen LogP contribution in [-0.4, -0.2) is 45.3 Å². The number of aromatic nitrogens is 3. The van der Waals surface area contributed by atoms with E-state index in [0.29, 0.717) is 34.2 Å². The fraction of sp³-hybridized carbons (Fsp3) is 0.292. The van der Waals surface area contributed by atoms with Gasteiger partial charge >= 0.3 is 15.6 Å². The Balaban J connectivity index is 1.90. The molecule has 1 amide bonds. The van der Waals surface area contributed by atoms with Crippen LogP contribution in [0.15, 0.2) is 36.4 Å². The van der Waals surface area contributed by atoms with Crippen molar-refractivity contribution >= 4 is 65.2 Å². The summed E-state index contributed by atoms with van der Waals surface area (Å²) in [5, 5.41) is 3.62. The minimum absolute atomic E-state index is 0.0646. The number of hydrogen-bond donors (Lipinski definition) is 6. The number of benzene rings is 2. The zero-order chi connectivity index (χ0) is 29.9. The van der Waals surface area contributed by atoms with Gasteiger partial charge in [-0.05, 0) is 36.2 Å². The molecule has 2 heterocycles. The maximum Gasteiger partial charge on any atom is 0.524 e. The molecule has 0 saturated heterocycles. The van der Waals surface area contributed by atoms with Crippen LogP contribution in [0.4, 0.5) is 5.82 Å². The minimum Gasteiger partial charge on any atom is -0.404 e. The molecule has 0 fully saturated rings. The van der Waals surface area contributed by atoms with Crippen LogP contribution in [0.3, 0.4) is 0 Å². The van der Waals surface area contributed by atoms with Crippen LogP contribution in [0.1, 0.15) is 36.7 Å². The Kier molecular flexibility index (Phi) is 9.39. The van der Waals surface area contributed by atoms with Crippen LogP contribution in [0.25, 0.3) is 21.9 Å². The second kappa shape index (κ2) is 12.5. The number of unbranched alkanes of at least 4 members (excludes halogenated alkanes) is 1. The molecule has 220 valence electrons. The number of amides is 1. The molecule has 2 aromatic carbocycles. The fourth-order valence-electron chi connectivity index (χ4n) is 4.32. The minimum atomic E-state index is -4.99. The molecule has 0 saturated carbocycles. The summed E-state index contributed by atoms with van der Waals surface area (Å²) in [4.78, 5) is 58.5. The molecule has 4 rings (SSSR count). The van der Waals surface area contributed by atoms with E-state index in [2.05, 4.69) is 26.2 Å². The zero-order valence-electron chi connectivity index (χ0n) is 21.7. The molecule has 0 aliphatic carbocycles. The zero-order valence-corrected chi connectivity index (χ0v) is 25.1. The topological polar surface area (TPSA) is 219 Å². The molecule has 2 aromatic heterocycles. The van der Waals surface area contributed by atoms with E-state index in [1.165, 1.54) is 6.07 Å². The molecule has 7 N–H and O–H groups in total. The smallest absolute Gasteiger partial charge is 0.404 e. The number of phosphoric ester groups is 2. The number of imidazole rings is 1. The number of nitrogens with two attached hydrogens (primary N) is 1. The van der Waals surface area contributed by atoms with E-state index in [1.807, 2.05) is 19.1 Å². The number of carbonyl (C=O) groups excluding carboxylic acids is 1. The third kappa shape index (κ3) is 7.83. The van der Waals surface area contributed by atoms with Gasteiger partial charge in [-0.25, -0.2) is 19.1 Å². The lowest BCUT2D eigenvalue weighted by atomic mass is 10.1. The predicted octanol–water partition coefficient (Wildman–Crippen LogP) is 3.51. The maximum atomic E-state index is 11.7. The van der Waals surface area contributed by atoms with Crippen LogP contribution in [-0.2, 0) is 33.4 Å². The van der Waals surface area contributed by atoms with E-state index in [-0.39, 0.29) is 47.2 Å². The van der Waals surface area contributed by atoms with Gasteiger partial charge in [-0.1, -0.05) is 41.4 Å². The Morgan fingerprint density at radius 2 is 1.80 bits per heavy atom. The number of nitrogen functional groups attached to an aromatic ring is 1. The number of nitrogens with one attached hydrogen (secondary N) is 1. The van der Waals surface area contributed by atoms with Crippen molar-refractivity contribution in [2.45, 2.75) is 39.3 Å². The van der Waals surface area contributed by atoms with Gasteiger partial charge in [0.15, 0.2) is 5.82 Å². The first-order valence-corrected chi connectivity index (χ1v) is 16.5. The first-order chi connectivity index (χ1) is 19.3. The summed E-state index contributed by atoms with van der Waals surface area (Å²) in [7, 11) is -9.91. The summed E-state index contributed by atoms with van der Waals surface area (Å²) in [5.74, 6) is 0.156. The van der Waals surface area contributed by atoms with Crippen LogP contribution in [0, 0.1) is 0 Å². The van der Waals surface area contributed by atoms with E-state index < -0.39 is 15.6 Å². The number of hydrogen-bond acceptors (Lipinski definition) is 8. The van der Waals surface area contributed by atoms with Gasteiger partial charge in [0.05, 0.1) is 22.9 Å². The summed E-state index contributed by atoms with van der Waals surface area (Å²) in [6.07, 6.45) is 2.18. The van der Waals surface area contributed by atoms with Gasteiger partial charge in [-0.2, -0.15) is 0 Å². The third-order valence-electron chi connectivity index (χ3n) is 6.01. The molecular formula is C24H28BrN5O9P2.